The van der Waals surface area contributed by atoms with Crippen molar-refractivity contribution >= 4 is 16.8 Å². The van der Waals surface area contributed by atoms with E-state index in [1.54, 1.807) is 0 Å². The Morgan fingerprint density at radius 3 is 1.00 bits per heavy atom. The molecule has 0 bridgehead atoms. The Morgan fingerprint density at radius 2 is 1.00 bits per heavy atom. The van der Waals surface area contributed by atoms with Gasteiger partial charge in [-0.3, -0.25) is 0 Å². The first-order valence-corrected chi connectivity index (χ1v) is 1.00. The molecule has 26 valence electrons. The van der Waals surface area contributed by atoms with Gasteiger partial charge in [0.2, 0.25) is 0 Å². The summed E-state index contributed by atoms with van der Waals surface area (Å²) < 4.78 is 0. The lowest BCUT2D eigenvalue weighted by Gasteiger charge is -1.59. The Hall–Kier alpha value is 0.0899. The second-order valence-electron chi connectivity index (χ2n) is 0.500. The maximum absolute atomic E-state index is 2.75. The van der Waals surface area contributed by atoms with Crippen LogP contribution >= 0.6 is 0 Å². The van der Waals surface area contributed by atoms with Crippen molar-refractivity contribution in [1.29, 1.82) is 0 Å². The Balaban J connectivity index is -0.0000000200. The number of hydrogen-bond donors (Lipinski definition) is 1. The van der Waals surface area contributed by atoms with Crippen LogP contribution in [0, 0.1) is 0 Å². The van der Waals surface area contributed by atoms with Gasteiger partial charge >= 0.3 is 0 Å². The van der Waals surface area contributed by atoms with Crippen LogP contribution in [0.3, 0.4) is 0 Å². The quantitative estimate of drug-likeness (QED) is 0.361. The number of rotatable bonds is 0. The maximum Gasteiger partial charge on any atom is 0 e. The zero-order chi connectivity index (χ0) is 2.71. The lowest BCUT2D eigenvalue weighted by molar-refractivity contribution is 1.02. The van der Waals surface area contributed by atoms with Crippen LogP contribution in [0.25, 0.3) is 0 Å². The van der Waals surface area contributed by atoms with Crippen molar-refractivity contribution in [1.82, 2.24) is 5.32 Å². The van der Waals surface area contributed by atoms with Crippen LogP contribution in [0.4, 0.5) is 0 Å². The summed E-state index contributed by atoms with van der Waals surface area (Å²) in [6.07, 6.45) is 0. The van der Waals surface area contributed by atoms with Gasteiger partial charge in [-0.15, -0.1) is 0 Å². The molecule has 0 heterocycles. The van der Waals surface area contributed by atoms with E-state index >= 15 is 0 Å². The molecule has 0 spiro atoms. The molecule has 0 aliphatic rings. The lowest BCUT2D eigenvalue weighted by atomic mass is 10.8. The van der Waals surface area contributed by atoms with Crippen molar-refractivity contribution in [3.8, 4) is 0 Å². The fraction of sp³-hybridized carbons (Fsp3) is 1.00. The zero-order valence-electron chi connectivity index (χ0n) is 3.65. The van der Waals surface area contributed by atoms with Gasteiger partial charge in [0.25, 0.3) is 0 Å². The highest BCUT2D eigenvalue weighted by Gasteiger charge is 1.25. The molecular formula is C2H7B2N. The predicted octanol–water partition coefficient (Wildman–Crippen LogP) is -0.926. The first-order chi connectivity index (χ1) is 1.41. The average molecular weight is 66.7 g/mol. The van der Waals surface area contributed by atoms with Crippen molar-refractivity contribution in [3.63, 3.8) is 0 Å². The Kier molecular flexibility index (Phi) is 128. The number of nitrogens with one attached hydrogen (secondary N) is 1. The minimum atomic E-state index is 0. The van der Waals surface area contributed by atoms with Crippen molar-refractivity contribution in [3.05, 3.63) is 0 Å². The van der Waals surface area contributed by atoms with Crippen LogP contribution in [0.5, 0.6) is 0 Å². The molecule has 0 rings (SSSR count). The Bertz CT molecular complexity index is 7.61. The van der Waals surface area contributed by atoms with Gasteiger partial charge in [-0.1, -0.05) is 0 Å². The second kappa shape index (κ2) is 32.9. The van der Waals surface area contributed by atoms with Gasteiger partial charge in [0.1, 0.15) is 0 Å². The van der Waals surface area contributed by atoms with E-state index < -0.39 is 0 Å². The molecule has 0 amide bonds. The molecule has 0 aromatic carbocycles. The highest BCUT2D eigenvalue weighted by molar-refractivity contribution is 5.76. The summed E-state index contributed by atoms with van der Waals surface area (Å²) in [5.74, 6) is 0. The van der Waals surface area contributed by atoms with Crippen molar-refractivity contribution in [2.24, 2.45) is 0 Å². The SMILES string of the molecule is CNC.[B].[B]. The van der Waals surface area contributed by atoms with Crippen molar-refractivity contribution < 1.29 is 0 Å². The molecule has 0 atom stereocenters. The molecule has 1 nitrogen and oxygen atoms in total. The highest BCUT2D eigenvalue weighted by Crippen LogP contribution is 0.981. The van der Waals surface area contributed by atoms with E-state index in [1.165, 1.54) is 0 Å². The van der Waals surface area contributed by atoms with Gasteiger partial charge in [-0.05, 0) is 14.1 Å². The van der Waals surface area contributed by atoms with Crippen LogP contribution in [-0.2, 0) is 0 Å². The molecule has 0 unspecified atom stereocenters. The van der Waals surface area contributed by atoms with Crippen LogP contribution < -0.4 is 5.32 Å². The summed E-state index contributed by atoms with van der Waals surface area (Å²) >= 11 is 0. The summed E-state index contributed by atoms with van der Waals surface area (Å²) in [6.45, 7) is 0. The summed E-state index contributed by atoms with van der Waals surface area (Å²) in [6, 6.07) is 0. The summed E-state index contributed by atoms with van der Waals surface area (Å²) in [5, 5.41) is 2.75. The van der Waals surface area contributed by atoms with E-state index in [9.17, 15) is 0 Å². The Morgan fingerprint density at radius 1 is 1.00 bits per heavy atom. The molecule has 0 saturated carbocycles. The molecule has 0 aromatic rings. The smallest absolute Gasteiger partial charge is 0 e. The van der Waals surface area contributed by atoms with Gasteiger partial charge in [0, 0.05) is 16.8 Å². The predicted molar refractivity (Wildman–Crippen MR) is 26.5 cm³/mol. The molecular weight excluding hydrogens is 59.7 g/mol. The monoisotopic (exact) mass is 67.1 g/mol. The van der Waals surface area contributed by atoms with Crippen molar-refractivity contribution in [2.75, 3.05) is 14.1 Å². The molecule has 5 heavy (non-hydrogen) atoms. The zero-order valence-corrected chi connectivity index (χ0v) is 3.65. The molecule has 0 aromatic heterocycles. The largest absolute Gasteiger partial charge is 0.323 e. The topological polar surface area (TPSA) is 12.0 Å². The molecule has 0 aliphatic carbocycles. The minimum Gasteiger partial charge on any atom is -0.323 e. The van der Waals surface area contributed by atoms with E-state index in [4.69, 9.17) is 0 Å². The molecule has 0 fully saturated rings. The van der Waals surface area contributed by atoms with E-state index in [-0.39, 0.29) is 16.8 Å². The lowest BCUT2D eigenvalue weighted by Crippen LogP contribution is -1.89. The first kappa shape index (κ1) is 19.5. The number of hydrogen-bond acceptors (Lipinski definition) is 1. The average Bonchev–Trinajstić information content (AvgIpc) is 0.918. The highest BCUT2D eigenvalue weighted by atomic mass is 14.7. The van der Waals surface area contributed by atoms with Gasteiger partial charge in [-0.2, -0.15) is 0 Å². The van der Waals surface area contributed by atoms with Gasteiger partial charge in [0.05, 0.1) is 0 Å². The fourth-order valence-corrected chi connectivity index (χ4v) is 0. The third-order valence-electron chi connectivity index (χ3n) is 0. The Labute approximate surface area is 37.3 Å². The third kappa shape index (κ3) is 2210. The normalized spacial score (nSPS) is 3.60. The van der Waals surface area contributed by atoms with Crippen molar-refractivity contribution in [2.45, 2.75) is 0 Å². The fourth-order valence-electron chi connectivity index (χ4n) is 0. The van der Waals surface area contributed by atoms with Gasteiger partial charge in [0.15, 0.2) is 0 Å². The maximum atomic E-state index is 2.75. The minimum absolute atomic E-state index is 0. The van der Waals surface area contributed by atoms with Crippen LogP contribution in [0.1, 0.15) is 0 Å². The molecule has 0 aliphatic heterocycles. The summed E-state index contributed by atoms with van der Waals surface area (Å²) in [7, 11) is 3.75. The third-order valence-corrected chi connectivity index (χ3v) is 0. The second-order valence-corrected chi connectivity index (χ2v) is 0.500. The van der Waals surface area contributed by atoms with E-state index in [2.05, 4.69) is 5.32 Å². The van der Waals surface area contributed by atoms with Gasteiger partial charge in [-0.25, -0.2) is 0 Å². The van der Waals surface area contributed by atoms with Gasteiger partial charge < -0.3 is 5.32 Å². The van der Waals surface area contributed by atoms with E-state index in [1.807, 2.05) is 14.1 Å². The van der Waals surface area contributed by atoms with Crippen LogP contribution in [0.15, 0.2) is 0 Å². The van der Waals surface area contributed by atoms with E-state index in [0.29, 0.717) is 0 Å². The molecule has 1 N–H and O–H groups in total. The first-order valence-electron chi connectivity index (χ1n) is 1.00. The summed E-state index contributed by atoms with van der Waals surface area (Å²) in [4.78, 5) is 0. The van der Waals surface area contributed by atoms with E-state index in [0.717, 1.165) is 0 Å². The molecule has 0 saturated heterocycles. The molecule has 6 radical (unpaired) electrons. The van der Waals surface area contributed by atoms with Crippen LogP contribution in [0.2, 0.25) is 0 Å². The van der Waals surface area contributed by atoms with Crippen LogP contribution in [-0.4, -0.2) is 30.9 Å². The standard InChI is InChI=1S/C2H7N.2B/c1-3-2;;/h3H,1-2H3;;. The molecule has 3 heteroatoms. The summed E-state index contributed by atoms with van der Waals surface area (Å²) in [5.41, 5.74) is 0.